The molecule has 4 N–H and O–H groups in total. The topological polar surface area (TPSA) is 120 Å². The zero-order chi connectivity index (χ0) is 25.0. The molecule has 0 aliphatic carbocycles. The monoisotopic (exact) mass is 488 g/mol. The molecule has 186 valence electrons. The molecule has 2 fully saturated rings. The summed E-state index contributed by atoms with van der Waals surface area (Å²) in [7, 11) is 0. The standard InChI is InChI=1S/C24H27F3N6O2/c25-24(26,27)21(33-10-1-2-11-33)15-3-5-17(6-4-15)31-22(29)20-18(7-9-30-23(20)34)32-19-14-35-12-8-16(19)13-28/h3-7,9,16,19,21H,1-2,8,10-12,14H2,(H2,29,31)(H2,30,32,34)/t16?,19-,21?/m0/s1. The SMILES string of the molecule is N#CC1CCOC[C@@H]1Nc1cc[nH]c(=O)c1C(N)=Nc1ccc(C(N2CCCC2)C(F)(F)F)cc1. The smallest absolute Gasteiger partial charge is 0.383 e. The van der Waals surface area contributed by atoms with E-state index >= 15 is 0 Å². The molecule has 0 radical (unpaired) electrons. The lowest BCUT2D eigenvalue weighted by atomic mass is 9.96. The van der Waals surface area contributed by atoms with Crippen molar-refractivity contribution in [3.63, 3.8) is 0 Å². The van der Waals surface area contributed by atoms with Crippen LogP contribution in [0.4, 0.5) is 24.5 Å². The number of likely N-dealkylation sites (tertiary alicyclic amines) is 1. The Balaban J connectivity index is 1.59. The summed E-state index contributed by atoms with van der Waals surface area (Å²) < 4.78 is 46.7. The summed E-state index contributed by atoms with van der Waals surface area (Å²) in [4.78, 5) is 20.9. The number of halogens is 3. The third kappa shape index (κ3) is 5.66. The predicted molar refractivity (Wildman–Crippen MR) is 125 cm³/mol. The molecule has 2 unspecified atom stereocenters. The number of hydrogen-bond acceptors (Lipinski definition) is 6. The van der Waals surface area contributed by atoms with Crippen LogP contribution in [0.1, 0.15) is 36.4 Å². The van der Waals surface area contributed by atoms with E-state index in [-0.39, 0.29) is 28.9 Å². The second-order valence-corrected chi connectivity index (χ2v) is 8.72. The molecule has 0 saturated carbocycles. The van der Waals surface area contributed by atoms with E-state index in [9.17, 15) is 23.2 Å². The van der Waals surface area contributed by atoms with E-state index in [0.717, 1.165) is 12.8 Å². The third-order valence-corrected chi connectivity index (χ3v) is 6.35. The van der Waals surface area contributed by atoms with Crippen LogP contribution in [0.25, 0.3) is 0 Å². The Morgan fingerprint density at radius 3 is 2.63 bits per heavy atom. The molecule has 2 aliphatic rings. The van der Waals surface area contributed by atoms with Crippen molar-refractivity contribution in [2.24, 2.45) is 16.6 Å². The van der Waals surface area contributed by atoms with Gasteiger partial charge in [-0.25, -0.2) is 4.99 Å². The minimum atomic E-state index is -4.39. The highest BCUT2D eigenvalue weighted by molar-refractivity contribution is 6.03. The van der Waals surface area contributed by atoms with Gasteiger partial charge in [-0.1, -0.05) is 12.1 Å². The number of ether oxygens (including phenoxy) is 1. The molecular weight excluding hydrogens is 461 g/mol. The summed E-state index contributed by atoms with van der Waals surface area (Å²) in [6.07, 6.45) is -0.878. The van der Waals surface area contributed by atoms with Gasteiger partial charge in [-0.15, -0.1) is 0 Å². The third-order valence-electron chi connectivity index (χ3n) is 6.35. The molecule has 3 heterocycles. The van der Waals surface area contributed by atoms with Gasteiger partial charge in [-0.3, -0.25) is 9.69 Å². The first-order valence-corrected chi connectivity index (χ1v) is 11.5. The number of anilines is 1. The fraction of sp³-hybridized carbons (Fsp3) is 0.458. The Hall–Kier alpha value is -3.36. The van der Waals surface area contributed by atoms with Crippen molar-refractivity contribution in [1.29, 1.82) is 5.26 Å². The summed E-state index contributed by atoms with van der Waals surface area (Å²) in [6, 6.07) is 7.59. The highest BCUT2D eigenvalue weighted by Crippen LogP contribution is 2.39. The van der Waals surface area contributed by atoms with Crippen molar-refractivity contribution >= 4 is 17.2 Å². The molecule has 11 heteroatoms. The van der Waals surface area contributed by atoms with Gasteiger partial charge < -0.3 is 20.8 Å². The van der Waals surface area contributed by atoms with Crippen molar-refractivity contribution in [1.82, 2.24) is 9.88 Å². The number of amidine groups is 1. The summed E-state index contributed by atoms with van der Waals surface area (Å²) in [5.74, 6) is -0.391. The van der Waals surface area contributed by atoms with Gasteiger partial charge >= 0.3 is 6.18 Å². The Morgan fingerprint density at radius 1 is 1.26 bits per heavy atom. The first-order chi connectivity index (χ1) is 16.8. The number of nitrogens with two attached hydrogens (primary N) is 1. The maximum atomic E-state index is 13.8. The molecule has 0 amide bonds. The first-order valence-electron chi connectivity index (χ1n) is 11.5. The quantitative estimate of drug-likeness (QED) is 0.423. The predicted octanol–water partition coefficient (Wildman–Crippen LogP) is 3.45. The van der Waals surface area contributed by atoms with Crippen LogP contribution in [-0.4, -0.2) is 54.2 Å². The van der Waals surface area contributed by atoms with Crippen molar-refractivity contribution in [3.8, 4) is 6.07 Å². The Labute approximate surface area is 200 Å². The molecule has 1 aromatic carbocycles. The fourth-order valence-electron chi connectivity index (χ4n) is 4.62. The van der Waals surface area contributed by atoms with Gasteiger partial charge in [0.2, 0.25) is 0 Å². The molecule has 1 aromatic heterocycles. The molecular formula is C24H27F3N6O2. The molecule has 0 bridgehead atoms. The van der Waals surface area contributed by atoms with Crippen LogP contribution < -0.4 is 16.6 Å². The number of aromatic amines is 1. The lowest BCUT2D eigenvalue weighted by Crippen LogP contribution is -2.39. The number of nitrogens with zero attached hydrogens (tertiary/aromatic N) is 3. The number of nitriles is 1. The maximum absolute atomic E-state index is 13.8. The van der Waals surface area contributed by atoms with E-state index < -0.39 is 17.8 Å². The number of pyridine rings is 1. The number of aromatic nitrogens is 1. The molecule has 4 rings (SSSR count). The van der Waals surface area contributed by atoms with Gasteiger partial charge in [-0.2, -0.15) is 18.4 Å². The summed E-state index contributed by atoms with van der Waals surface area (Å²) in [6.45, 7) is 1.61. The molecule has 2 saturated heterocycles. The molecule has 35 heavy (non-hydrogen) atoms. The summed E-state index contributed by atoms with van der Waals surface area (Å²) in [5, 5.41) is 12.6. The van der Waals surface area contributed by atoms with Crippen molar-refractivity contribution < 1.29 is 17.9 Å². The second-order valence-electron chi connectivity index (χ2n) is 8.72. The number of hydrogen-bond donors (Lipinski definition) is 3. The van der Waals surface area contributed by atoms with Crippen LogP contribution in [0.15, 0.2) is 46.3 Å². The summed E-state index contributed by atoms with van der Waals surface area (Å²) >= 11 is 0. The molecule has 8 nitrogen and oxygen atoms in total. The largest absolute Gasteiger partial charge is 0.408 e. The molecule has 0 spiro atoms. The minimum absolute atomic E-state index is 0.0871. The number of alkyl halides is 3. The minimum Gasteiger partial charge on any atom is -0.383 e. The van der Waals surface area contributed by atoms with Crippen LogP contribution in [0, 0.1) is 17.2 Å². The van der Waals surface area contributed by atoms with E-state index in [0.29, 0.717) is 44.1 Å². The molecule has 2 aromatic rings. The fourth-order valence-corrected chi connectivity index (χ4v) is 4.62. The average Bonchev–Trinajstić information content (AvgIpc) is 3.34. The highest BCUT2D eigenvalue weighted by Gasteiger charge is 2.45. The van der Waals surface area contributed by atoms with E-state index in [4.69, 9.17) is 10.5 Å². The van der Waals surface area contributed by atoms with E-state index in [1.54, 1.807) is 6.07 Å². The zero-order valence-corrected chi connectivity index (χ0v) is 19.0. The van der Waals surface area contributed by atoms with Gasteiger partial charge in [0.15, 0.2) is 0 Å². The van der Waals surface area contributed by atoms with Gasteiger partial charge in [0.05, 0.1) is 36.0 Å². The van der Waals surface area contributed by atoms with Crippen LogP contribution in [0.5, 0.6) is 0 Å². The van der Waals surface area contributed by atoms with Gasteiger partial charge in [-0.05, 0) is 56.1 Å². The summed E-state index contributed by atoms with van der Waals surface area (Å²) in [5.41, 5.74) is 6.63. The Morgan fingerprint density at radius 2 is 1.97 bits per heavy atom. The zero-order valence-electron chi connectivity index (χ0n) is 19.0. The first kappa shape index (κ1) is 24.8. The Kier molecular flexibility index (Phi) is 7.42. The number of rotatable bonds is 6. The van der Waals surface area contributed by atoms with Crippen LogP contribution >= 0.6 is 0 Å². The number of aliphatic imine (C=N–C) groups is 1. The van der Waals surface area contributed by atoms with E-state index in [1.807, 2.05) is 0 Å². The van der Waals surface area contributed by atoms with Gasteiger partial charge in [0.25, 0.3) is 5.56 Å². The molecule has 2 aliphatic heterocycles. The van der Waals surface area contributed by atoms with Crippen LogP contribution in [0.3, 0.4) is 0 Å². The van der Waals surface area contributed by atoms with Crippen molar-refractivity contribution in [2.45, 2.75) is 37.5 Å². The lowest BCUT2D eigenvalue weighted by Gasteiger charge is -2.29. The van der Waals surface area contributed by atoms with Crippen LogP contribution in [-0.2, 0) is 4.74 Å². The van der Waals surface area contributed by atoms with Gasteiger partial charge in [0.1, 0.15) is 17.4 Å². The van der Waals surface area contributed by atoms with Crippen molar-refractivity contribution in [2.75, 3.05) is 31.6 Å². The lowest BCUT2D eigenvalue weighted by molar-refractivity contribution is -0.183. The Bertz CT molecular complexity index is 1150. The normalized spacial score (nSPS) is 22.5. The van der Waals surface area contributed by atoms with E-state index in [2.05, 4.69) is 21.4 Å². The average molecular weight is 489 g/mol. The molecule has 3 atom stereocenters. The number of nitrogens with one attached hydrogen (secondary N) is 2. The number of H-pyrrole nitrogens is 1. The van der Waals surface area contributed by atoms with E-state index in [1.165, 1.54) is 35.4 Å². The second kappa shape index (κ2) is 10.5. The van der Waals surface area contributed by atoms with Gasteiger partial charge in [0, 0.05) is 12.8 Å². The number of benzene rings is 1. The highest BCUT2D eigenvalue weighted by atomic mass is 19.4. The van der Waals surface area contributed by atoms with Crippen LogP contribution in [0.2, 0.25) is 0 Å². The maximum Gasteiger partial charge on any atom is 0.408 e. The van der Waals surface area contributed by atoms with Crippen molar-refractivity contribution in [3.05, 3.63) is 58.0 Å².